The van der Waals surface area contributed by atoms with E-state index in [4.69, 9.17) is 5.11 Å². The third-order valence-electron chi connectivity index (χ3n) is 4.81. The minimum Gasteiger partial charge on any atom is -0.478 e. The van der Waals surface area contributed by atoms with Crippen molar-refractivity contribution in [2.24, 2.45) is 5.92 Å². The van der Waals surface area contributed by atoms with Crippen molar-refractivity contribution < 1.29 is 14.7 Å². The van der Waals surface area contributed by atoms with Crippen LogP contribution in [0.4, 0.5) is 0 Å². The van der Waals surface area contributed by atoms with Gasteiger partial charge >= 0.3 is 5.97 Å². The smallest absolute Gasteiger partial charge is 0.335 e. The molecule has 1 saturated heterocycles. The van der Waals surface area contributed by atoms with Crippen molar-refractivity contribution in [3.05, 3.63) is 72.4 Å². The van der Waals surface area contributed by atoms with Gasteiger partial charge in [-0.2, -0.15) is 0 Å². The monoisotopic (exact) mass is 353 g/mol. The molecule has 1 N–H and O–H groups in total. The SMILES string of the molecule is C=C/C=C(\C=C)C(CC(=O)c1cccc(C(=O)O)c1)CN1CCCCC1. The zero-order chi connectivity index (χ0) is 18.9. The molecule has 1 aromatic carbocycles. The van der Waals surface area contributed by atoms with E-state index in [1.54, 1.807) is 24.3 Å². The maximum absolute atomic E-state index is 12.8. The summed E-state index contributed by atoms with van der Waals surface area (Å²) >= 11 is 0. The van der Waals surface area contributed by atoms with Gasteiger partial charge in [-0.05, 0) is 43.6 Å². The Kier molecular flexibility index (Phi) is 7.54. The first-order valence-electron chi connectivity index (χ1n) is 9.09. The predicted octanol–water partition coefficient (Wildman–Crippen LogP) is 4.36. The summed E-state index contributed by atoms with van der Waals surface area (Å²) in [5, 5.41) is 9.13. The first-order valence-corrected chi connectivity index (χ1v) is 9.09. The Labute approximate surface area is 155 Å². The van der Waals surface area contributed by atoms with E-state index in [-0.39, 0.29) is 17.3 Å². The van der Waals surface area contributed by atoms with Gasteiger partial charge in [0.1, 0.15) is 0 Å². The number of Topliss-reactive ketones (excluding diaryl/α,β-unsaturated/α-hetero) is 1. The predicted molar refractivity (Wildman–Crippen MR) is 105 cm³/mol. The molecule has 138 valence electrons. The van der Waals surface area contributed by atoms with Gasteiger partial charge in [0.05, 0.1) is 5.56 Å². The lowest BCUT2D eigenvalue weighted by Gasteiger charge is -2.31. The van der Waals surface area contributed by atoms with Crippen LogP contribution in [0.3, 0.4) is 0 Å². The number of aromatic carboxylic acids is 1. The van der Waals surface area contributed by atoms with Gasteiger partial charge in [-0.1, -0.05) is 49.9 Å². The van der Waals surface area contributed by atoms with Crippen LogP contribution in [0.25, 0.3) is 0 Å². The largest absolute Gasteiger partial charge is 0.478 e. The van der Waals surface area contributed by atoms with Crippen LogP contribution in [0.5, 0.6) is 0 Å². The maximum atomic E-state index is 12.8. The molecule has 1 aliphatic rings. The van der Waals surface area contributed by atoms with Gasteiger partial charge in [-0.3, -0.25) is 4.79 Å². The van der Waals surface area contributed by atoms with Crippen LogP contribution in [-0.2, 0) is 0 Å². The van der Waals surface area contributed by atoms with Crippen molar-refractivity contribution in [3.63, 3.8) is 0 Å². The van der Waals surface area contributed by atoms with Gasteiger partial charge in [0, 0.05) is 24.4 Å². The Morgan fingerprint density at radius 1 is 1.15 bits per heavy atom. The summed E-state index contributed by atoms with van der Waals surface area (Å²) in [5.41, 5.74) is 1.57. The normalized spacial score (nSPS) is 16.7. The van der Waals surface area contributed by atoms with Crippen molar-refractivity contribution in [1.82, 2.24) is 4.90 Å². The first-order chi connectivity index (χ1) is 12.5. The summed E-state index contributed by atoms with van der Waals surface area (Å²) in [6.07, 6.45) is 9.38. The van der Waals surface area contributed by atoms with Crippen LogP contribution in [0, 0.1) is 5.92 Å². The van der Waals surface area contributed by atoms with Crippen molar-refractivity contribution in [2.45, 2.75) is 25.7 Å². The van der Waals surface area contributed by atoms with Gasteiger partial charge in [-0.15, -0.1) is 0 Å². The summed E-state index contributed by atoms with van der Waals surface area (Å²) in [6.45, 7) is 10.6. The number of benzene rings is 1. The highest BCUT2D eigenvalue weighted by Gasteiger charge is 2.22. The van der Waals surface area contributed by atoms with Crippen molar-refractivity contribution in [3.8, 4) is 0 Å². The van der Waals surface area contributed by atoms with Crippen LogP contribution in [0.1, 0.15) is 46.4 Å². The standard InChI is InChI=1S/C22H27NO3/c1-3-9-17(4-2)20(16-23-12-6-5-7-13-23)15-21(24)18-10-8-11-19(14-18)22(25)26/h3-4,8-11,14,20H,1-2,5-7,12-13,15-16H2,(H,25,26)/b17-9+. The first kappa shape index (κ1) is 19.9. The molecule has 1 aliphatic heterocycles. The minimum absolute atomic E-state index is 0.0181. The lowest BCUT2D eigenvalue weighted by Crippen LogP contribution is -2.35. The van der Waals surface area contributed by atoms with Crippen LogP contribution in [0.15, 0.2) is 61.2 Å². The summed E-state index contributed by atoms with van der Waals surface area (Å²) in [7, 11) is 0. The Bertz CT molecular complexity index is 699. The van der Waals surface area contributed by atoms with E-state index in [1.807, 2.05) is 6.08 Å². The lowest BCUT2D eigenvalue weighted by molar-refractivity contribution is 0.0697. The summed E-state index contributed by atoms with van der Waals surface area (Å²) in [6, 6.07) is 6.24. The third-order valence-corrected chi connectivity index (χ3v) is 4.81. The zero-order valence-corrected chi connectivity index (χ0v) is 15.2. The number of carbonyl (C=O) groups excluding carboxylic acids is 1. The van der Waals surface area contributed by atoms with Crippen LogP contribution >= 0.6 is 0 Å². The number of rotatable bonds is 9. The minimum atomic E-state index is -1.03. The van der Waals surface area contributed by atoms with E-state index in [0.29, 0.717) is 12.0 Å². The molecule has 0 radical (unpaired) electrons. The van der Waals surface area contributed by atoms with Crippen LogP contribution in [0.2, 0.25) is 0 Å². The van der Waals surface area contributed by atoms with E-state index >= 15 is 0 Å². The van der Waals surface area contributed by atoms with E-state index in [9.17, 15) is 9.59 Å². The molecule has 0 aliphatic carbocycles. The van der Waals surface area contributed by atoms with E-state index < -0.39 is 5.97 Å². The van der Waals surface area contributed by atoms with Crippen molar-refractivity contribution in [1.29, 1.82) is 0 Å². The van der Waals surface area contributed by atoms with Crippen molar-refractivity contribution >= 4 is 11.8 Å². The summed E-state index contributed by atoms with van der Waals surface area (Å²) in [5.74, 6) is -1.06. The molecule has 0 spiro atoms. The van der Waals surface area contributed by atoms with Gasteiger partial charge in [0.2, 0.25) is 0 Å². The second-order valence-corrected chi connectivity index (χ2v) is 6.68. The highest BCUT2D eigenvalue weighted by atomic mass is 16.4. The second kappa shape index (κ2) is 9.88. The molecular formula is C22H27NO3. The average molecular weight is 353 g/mol. The molecule has 0 bridgehead atoms. The summed E-state index contributed by atoms with van der Waals surface area (Å²) < 4.78 is 0. The Morgan fingerprint density at radius 2 is 1.85 bits per heavy atom. The quantitative estimate of drug-likeness (QED) is 0.529. The zero-order valence-electron chi connectivity index (χ0n) is 15.2. The number of allylic oxidation sites excluding steroid dienone is 3. The molecule has 1 fully saturated rings. The van der Waals surface area contributed by atoms with Crippen LogP contribution in [-0.4, -0.2) is 41.4 Å². The average Bonchev–Trinajstić information content (AvgIpc) is 2.66. The number of piperidine rings is 1. The van der Waals surface area contributed by atoms with E-state index in [2.05, 4.69) is 18.1 Å². The number of carboxylic acids is 1. The van der Waals surface area contributed by atoms with Gasteiger partial charge in [0.25, 0.3) is 0 Å². The molecule has 2 rings (SSSR count). The number of likely N-dealkylation sites (tertiary alicyclic amines) is 1. The summed E-state index contributed by atoms with van der Waals surface area (Å²) in [4.78, 5) is 26.3. The molecule has 4 heteroatoms. The molecule has 4 nitrogen and oxygen atoms in total. The molecule has 0 saturated carbocycles. The molecule has 1 atom stereocenters. The van der Waals surface area contributed by atoms with E-state index in [1.165, 1.54) is 31.4 Å². The Balaban J connectivity index is 2.18. The molecule has 1 aromatic rings. The Hall–Kier alpha value is -2.46. The fraction of sp³-hybridized carbons (Fsp3) is 0.364. The Morgan fingerprint density at radius 3 is 2.46 bits per heavy atom. The second-order valence-electron chi connectivity index (χ2n) is 6.68. The maximum Gasteiger partial charge on any atom is 0.335 e. The fourth-order valence-corrected chi connectivity index (χ4v) is 3.42. The lowest BCUT2D eigenvalue weighted by atomic mass is 9.89. The number of hydrogen-bond donors (Lipinski definition) is 1. The third kappa shape index (κ3) is 5.53. The van der Waals surface area contributed by atoms with E-state index in [0.717, 1.165) is 25.2 Å². The molecular weight excluding hydrogens is 326 g/mol. The van der Waals surface area contributed by atoms with Crippen LogP contribution < -0.4 is 0 Å². The number of nitrogens with zero attached hydrogens (tertiary/aromatic N) is 1. The highest BCUT2D eigenvalue weighted by Crippen LogP contribution is 2.23. The molecule has 26 heavy (non-hydrogen) atoms. The highest BCUT2D eigenvalue weighted by molar-refractivity contribution is 5.99. The van der Waals surface area contributed by atoms with Gasteiger partial charge in [0.15, 0.2) is 5.78 Å². The van der Waals surface area contributed by atoms with Gasteiger partial charge in [-0.25, -0.2) is 4.79 Å². The molecule has 0 amide bonds. The molecule has 1 heterocycles. The number of carbonyl (C=O) groups is 2. The number of carboxylic acid groups (broad SMARTS) is 1. The van der Waals surface area contributed by atoms with Gasteiger partial charge < -0.3 is 10.0 Å². The fourth-order valence-electron chi connectivity index (χ4n) is 3.42. The molecule has 0 aromatic heterocycles. The topological polar surface area (TPSA) is 57.6 Å². The number of ketones is 1. The van der Waals surface area contributed by atoms with Crippen molar-refractivity contribution in [2.75, 3.05) is 19.6 Å². The number of hydrogen-bond acceptors (Lipinski definition) is 3. The molecule has 1 unspecified atom stereocenters.